The molecule has 0 atom stereocenters. The fourth-order valence-corrected chi connectivity index (χ4v) is 2.94. The van der Waals surface area contributed by atoms with Gasteiger partial charge in [0.1, 0.15) is 0 Å². The van der Waals surface area contributed by atoms with Crippen LogP contribution in [0.1, 0.15) is 16.7 Å². The van der Waals surface area contributed by atoms with Crippen LogP contribution in [0.2, 0.25) is 0 Å². The SMILES string of the molecule is Cc1ccc(-c2cc(S(=O)(=O)Cl)ccc2C)c(C)c1. The van der Waals surface area contributed by atoms with E-state index in [2.05, 4.69) is 6.07 Å². The molecular formula is C15H15ClO2S. The Balaban J connectivity index is 2.68. The summed E-state index contributed by atoms with van der Waals surface area (Å²) in [6.07, 6.45) is 0. The summed E-state index contributed by atoms with van der Waals surface area (Å²) >= 11 is 0. The lowest BCUT2D eigenvalue weighted by molar-refractivity contribution is 0.609. The minimum atomic E-state index is -3.70. The van der Waals surface area contributed by atoms with Crippen molar-refractivity contribution in [2.75, 3.05) is 0 Å². The monoisotopic (exact) mass is 294 g/mol. The third kappa shape index (κ3) is 2.99. The van der Waals surface area contributed by atoms with Gasteiger partial charge in [-0.2, -0.15) is 0 Å². The van der Waals surface area contributed by atoms with Gasteiger partial charge in [-0.3, -0.25) is 0 Å². The van der Waals surface area contributed by atoms with Crippen molar-refractivity contribution in [3.63, 3.8) is 0 Å². The number of halogens is 1. The Kier molecular flexibility index (Phi) is 3.70. The second-order valence-electron chi connectivity index (χ2n) is 4.73. The Hall–Kier alpha value is -1.32. The summed E-state index contributed by atoms with van der Waals surface area (Å²) in [7, 11) is 1.71. The Bertz CT molecular complexity index is 734. The van der Waals surface area contributed by atoms with Crippen LogP contribution < -0.4 is 0 Å². The van der Waals surface area contributed by atoms with Crippen molar-refractivity contribution in [1.82, 2.24) is 0 Å². The lowest BCUT2D eigenvalue weighted by Crippen LogP contribution is -1.94. The van der Waals surface area contributed by atoms with Gasteiger partial charge in [-0.1, -0.05) is 29.8 Å². The Morgan fingerprint density at radius 2 is 1.53 bits per heavy atom. The first kappa shape index (κ1) is 14.1. The quantitative estimate of drug-likeness (QED) is 0.778. The van der Waals surface area contributed by atoms with Crippen LogP contribution in [0.3, 0.4) is 0 Å². The first-order valence-corrected chi connectivity index (χ1v) is 8.23. The van der Waals surface area contributed by atoms with Crippen LogP contribution in [0, 0.1) is 20.8 Å². The molecule has 0 aliphatic heterocycles. The van der Waals surface area contributed by atoms with Crippen LogP contribution in [0.25, 0.3) is 11.1 Å². The summed E-state index contributed by atoms with van der Waals surface area (Å²) in [6, 6.07) is 11.1. The molecule has 2 aromatic carbocycles. The standard InChI is InChI=1S/C15H15ClO2S/c1-10-4-7-14(12(3)8-10)15-9-13(19(16,17)18)6-5-11(15)2/h4-9H,1-3H3. The second kappa shape index (κ2) is 4.99. The average Bonchev–Trinajstić information content (AvgIpc) is 2.29. The maximum absolute atomic E-state index is 11.4. The Morgan fingerprint density at radius 3 is 2.11 bits per heavy atom. The molecule has 19 heavy (non-hydrogen) atoms. The molecular weight excluding hydrogens is 280 g/mol. The van der Waals surface area contributed by atoms with E-state index in [0.717, 1.165) is 22.3 Å². The highest BCUT2D eigenvalue weighted by Crippen LogP contribution is 2.30. The van der Waals surface area contributed by atoms with Crippen LogP contribution in [-0.2, 0) is 9.05 Å². The zero-order valence-corrected chi connectivity index (χ0v) is 12.6. The summed E-state index contributed by atoms with van der Waals surface area (Å²) in [4.78, 5) is 0.134. The fourth-order valence-electron chi connectivity index (χ4n) is 2.16. The molecule has 0 amide bonds. The molecule has 0 radical (unpaired) electrons. The number of aryl methyl sites for hydroxylation is 3. The molecule has 0 N–H and O–H groups in total. The largest absolute Gasteiger partial charge is 0.261 e. The maximum atomic E-state index is 11.4. The van der Waals surface area contributed by atoms with E-state index >= 15 is 0 Å². The number of benzene rings is 2. The first-order valence-electron chi connectivity index (χ1n) is 5.92. The van der Waals surface area contributed by atoms with E-state index in [0.29, 0.717) is 0 Å². The summed E-state index contributed by atoms with van der Waals surface area (Å²) < 4.78 is 22.9. The van der Waals surface area contributed by atoms with E-state index in [9.17, 15) is 8.42 Å². The highest BCUT2D eigenvalue weighted by molar-refractivity contribution is 8.13. The summed E-state index contributed by atoms with van der Waals surface area (Å²) in [5, 5.41) is 0. The molecule has 2 nitrogen and oxygen atoms in total. The zero-order valence-electron chi connectivity index (χ0n) is 11.1. The zero-order chi connectivity index (χ0) is 14.2. The first-order chi connectivity index (χ1) is 8.79. The summed E-state index contributed by atoms with van der Waals surface area (Å²) in [5.74, 6) is 0. The maximum Gasteiger partial charge on any atom is 0.261 e. The molecule has 0 saturated carbocycles. The highest BCUT2D eigenvalue weighted by atomic mass is 35.7. The van der Waals surface area contributed by atoms with Gasteiger partial charge < -0.3 is 0 Å². The van der Waals surface area contributed by atoms with E-state index in [1.807, 2.05) is 32.9 Å². The van der Waals surface area contributed by atoms with E-state index in [4.69, 9.17) is 10.7 Å². The second-order valence-corrected chi connectivity index (χ2v) is 7.30. The molecule has 0 aromatic heterocycles. The van der Waals surface area contributed by atoms with Crippen LogP contribution in [0.15, 0.2) is 41.3 Å². The molecule has 0 fully saturated rings. The van der Waals surface area contributed by atoms with Crippen molar-refractivity contribution in [1.29, 1.82) is 0 Å². The van der Waals surface area contributed by atoms with E-state index < -0.39 is 9.05 Å². The minimum Gasteiger partial charge on any atom is -0.207 e. The molecule has 0 aliphatic rings. The molecule has 2 rings (SSSR count). The van der Waals surface area contributed by atoms with Gasteiger partial charge in [0.05, 0.1) is 4.90 Å². The average molecular weight is 295 g/mol. The third-order valence-corrected chi connectivity index (χ3v) is 4.51. The predicted molar refractivity (Wildman–Crippen MR) is 79.1 cm³/mol. The molecule has 0 saturated heterocycles. The van der Waals surface area contributed by atoms with Crippen molar-refractivity contribution in [3.05, 3.63) is 53.1 Å². The molecule has 0 spiro atoms. The third-order valence-electron chi connectivity index (χ3n) is 3.16. The molecule has 0 bridgehead atoms. The van der Waals surface area contributed by atoms with Gasteiger partial charge in [0.25, 0.3) is 9.05 Å². The molecule has 4 heteroatoms. The van der Waals surface area contributed by atoms with Crippen molar-refractivity contribution in [2.24, 2.45) is 0 Å². The molecule has 2 aromatic rings. The van der Waals surface area contributed by atoms with Crippen LogP contribution in [0.4, 0.5) is 0 Å². The van der Waals surface area contributed by atoms with Crippen molar-refractivity contribution < 1.29 is 8.42 Å². The number of rotatable bonds is 2. The molecule has 0 heterocycles. The van der Waals surface area contributed by atoms with Gasteiger partial charge in [-0.15, -0.1) is 0 Å². The van der Waals surface area contributed by atoms with Gasteiger partial charge in [-0.25, -0.2) is 8.42 Å². The van der Waals surface area contributed by atoms with Crippen molar-refractivity contribution >= 4 is 19.7 Å². The van der Waals surface area contributed by atoms with Crippen molar-refractivity contribution in [3.8, 4) is 11.1 Å². The Morgan fingerprint density at radius 1 is 0.842 bits per heavy atom. The highest BCUT2D eigenvalue weighted by Gasteiger charge is 2.13. The minimum absolute atomic E-state index is 0.134. The molecule has 100 valence electrons. The van der Waals surface area contributed by atoms with Gasteiger partial charge in [-0.05, 0) is 55.2 Å². The number of hydrogen-bond acceptors (Lipinski definition) is 2. The summed E-state index contributed by atoms with van der Waals surface area (Å²) in [6.45, 7) is 6.01. The van der Waals surface area contributed by atoms with Crippen LogP contribution in [-0.4, -0.2) is 8.42 Å². The van der Waals surface area contributed by atoms with Gasteiger partial charge in [0.15, 0.2) is 0 Å². The van der Waals surface area contributed by atoms with Gasteiger partial charge >= 0.3 is 0 Å². The van der Waals surface area contributed by atoms with Crippen LogP contribution >= 0.6 is 10.7 Å². The topological polar surface area (TPSA) is 34.1 Å². The lowest BCUT2D eigenvalue weighted by atomic mass is 9.95. The smallest absolute Gasteiger partial charge is 0.207 e. The lowest BCUT2D eigenvalue weighted by Gasteiger charge is -2.11. The number of hydrogen-bond donors (Lipinski definition) is 0. The van der Waals surface area contributed by atoms with E-state index in [1.165, 1.54) is 11.6 Å². The van der Waals surface area contributed by atoms with E-state index in [-0.39, 0.29) is 4.90 Å². The Labute approximate surface area is 118 Å². The van der Waals surface area contributed by atoms with Gasteiger partial charge in [0, 0.05) is 10.7 Å². The normalized spacial score (nSPS) is 11.6. The van der Waals surface area contributed by atoms with E-state index in [1.54, 1.807) is 12.1 Å². The van der Waals surface area contributed by atoms with Gasteiger partial charge in [0.2, 0.25) is 0 Å². The summed E-state index contributed by atoms with van der Waals surface area (Å²) in [5.41, 5.74) is 5.26. The fraction of sp³-hybridized carbons (Fsp3) is 0.200. The molecule has 0 aliphatic carbocycles. The molecule has 0 unspecified atom stereocenters. The predicted octanol–water partition coefficient (Wildman–Crippen LogP) is 4.21. The van der Waals surface area contributed by atoms with Crippen molar-refractivity contribution in [2.45, 2.75) is 25.7 Å². The van der Waals surface area contributed by atoms with Crippen LogP contribution in [0.5, 0.6) is 0 Å².